The SMILES string of the molecule is CCOC(=O)C1=C(CN(Cc2cccs2)CC2CCCO2)NC(=O)NC1CC. The van der Waals surface area contributed by atoms with E-state index in [1.165, 1.54) is 4.88 Å². The highest BCUT2D eigenvalue weighted by Gasteiger charge is 2.32. The number of carbonyl (C=O) groups is 2. The highest BCUT2D eigenvalue weighted by atomic mass is 32.1. The third-order valence-corrected chi connectivity index (χ3v) is 5.84. The molecule has 2 unspecified atom stereocenters. The van der Waals surface area contributed by atoms with Crippen molar-refractivity contribution in [3.8, 4) is 0 Å². The van der Waals surface area contributed by atoms with Crippen molar-refractivity contribution in [3.05, 3.63) is 33.7 Å². The van der Waals surface area contributed by atoms with E-state index in [-0.39, 0.29) is 24.1 Å². The molecule has 28 heavy (non-hydrogen) atoms. The fourth-order valence-corrected chi connectivity index (χ4v) is 4.44. The molecule has 2 aliphatic heterocycles. The van der Waals surface area contributed by atoms with E-state index < -0.39 is 0 Å². The Kier molecular flexibility index (Phi) is 7.47. The maximum Gasteiger partial charge on any atom is 0.337 e. The van der Waals surface area contributed by atoms with Gasteiger partial charge in [-0.2, -0.15) is 0 Å². The van der Waals surface area contributed by atoms with E-state index in [0.29, 0.717) is 30.8 Å². The van der Waals surface area contributed by atoms with E-state index in [9.17, 15) is 9.59 Å². The molecule has 0 spiro atoms. The highest BCUT2D eigenvalue weighted by molar-refractivity contribution is 7.09. The van der Waals surface area contributed by atoms with Gasteiger partial charge in [0.15, 0.2) is 0 Å². The average Bonchev–Trinajstić information content (AvgIpc) is 3.35. The first-order valence-corrected chi connectivity index (χ1v) is 10.8. The van der Waals surface area contributed by atoms with E-state index >= 15 is 0 Å². The first-order chi connectivity index (χ1) is 13.6. The van der Waals surface area contributed by atoms with Gasteiger partial charge in [-0.05, 0) is 37.6 Å². The molecule has 3 rings (SSSR count). The van der Waals surface area contributed by atoms with Crippen molar-refractivity contribution in [2.24, 2.45) is 0 Å². The molecule has 0 saturated carbocycles. The normalized spacial score (nSPS) is 22.3. The Balaban J connectivity index is 1.84. The molecule has 0 aliphatic carbocycles. The minimum atomic E-state index is -0.370. The summed E-state index contributed by atoms with van der Waals surface area (Å²) in [6.45, 7) is 6.81. The molecule has 0 aromatic carbocycles. The summed E-state index contributed by atoms with van der Waals surface area (Å²) in [5, 5.41) is 7.74. The first kappa shape index (κ1) is 20.8. The number of nitrogens with one attached hydrogen (secondary N) is 2. The number of nitrogens with zero attached hydrogens (tertiary/aromatic N) is 1. The van der Waals surface area contributed by atoms with E-state index in [2.05, 4.69) is 27.0 Å². The Morgan fingerprint density at radius 1 is 1.39 bits per heavy atom. The van der Waals surface area contributed by atoms with Gasteiger partial charge in [-0.15, -0.1) is 11.3 Å². The van der Waals surface area contributed by atoms with Crippen LogP contribution in [0.3, 0.4) is 0 Å². The lowest BCUT2D eigenvalue weighted by molar-refractivity contribution is -0.139. The Bertz CT molecular complexity index is 698. The summed E-state index contributed by atoms with van der Waals surface area (Å²) in [6, 6.07) is 3.52. The fourth-order valence-electron chi connectivity index (χ4n) is 3.69. The van der Waals surface area contributed by atoms with Gasteiger partial charge in [-0.1, -0.05) is 13.0 Å². The van der Waals surface area contributed by atoms with Crippen molar-refractivity contribution in [3.63, 3.8) is 0 Å². The van der Waals surface area contributed by atoms with Gasteiger partial charge < -0.3 is 20.1 Å². The van der Waals surface area contributed by atoms with Gasteiger partial charge in [0.1, 0.15) is 0 Å². The van der Waals surface area contributed by atoms with E-state index in [4.69, 9.17) is 9.47 Å². The van der Waals surface area contributed by atoms with Gasteiger partial charge in [-0.3, -0.25) is 4.90 Å². The molecule has 154 valence electrons. The van der Waals surface area contributed by atoms with Crippen LogP contribution in [0.2, 0.25) is 0 Å². The van der Waals surface area contributed by atoms with Crippen LogP contribution in [0.5, 0.6) is 0 Å². The molecule has 2 amide bonds. The van der Waals surface area contributed by atoms with Gasteiger partial charge in [0.25, 0.3) is 0 Å². The second kappa shape index (κ2) is 10.0. The van der Waals surface area contributed by atoms with Gasteiger partial charge in [0.2, 0.25) is 0 Å². The summed E-state index contributed by atoms with van der Waals surface area (Å²) in [6.07, 6.45) is 2.93. The molecule has 1 aromatic heterocycles. The lowest BCUT2D eigenvalue weighted by Gasteiger charge is -2.32. The zero-order chi connectivity index (χ0) is 19.9. The van der Waals surface area contributed by atoms with Crippen LogP contribution in [0.1, 0.15) is 38.0 Å². The van der Waals surface area contributed by atoms with Crippen molar-refractivity contribution < 1.29 is 19.1 Å². The second-order valence-electron chi connectivity index (χ2n) is 7.06. The molecule has 7 nitrogen and oxygen atoms in total. The Labute approximate surface area is 170 Å². The van der Waals surface area contributed by atoms with Gasteiger partial charge in [-0.25, -0.2) is 9.59 Å². The molecular formula is C20H29N3O4S. The summed E-state index contributed by atoms with van der Waals surface area (Å²) in [5.41, 5.74) is 1.15. The van der Waals surface area contributed by atoms with Crippen LogP contribution in [0.15, 0.2) is 28.8 Å². The number of ether oxygens (including phenoxy) is 2. The van der Waals surface area contributed by atoms with Crippen LogP contribution >= 0.6 is 11.3 Å². The Morgan fingerprint density at radius 3 is 2.89 bits per heavy atom. The summed E-state index contributed by atoms with van der Waals surface area (Å²) in [5.74, 6) is -0.370. The Morgan fingerprint density at radius 2 is 2.25 bits per heavy atom. The fraction of sp³-hybridized carbons (Fsp3) is 0.600. The molecular weight excluding hydrogens is 378 g/mol. The molecule has 8 heteroatoms. The van der Waals surface area contributed by atoms with Crippen molar-refractivity contribution >= 4 is 23.3 Å². The van der Waals surface area contributed by atoms with Crippen LogP contribution in [-0.4, -0.2) is 55.3 Å². The lowest BCUT2D eigenvalue weighted by Crippen LogP contribution is -2.52. The van der Waals surface area contributed by atoms with Crippen LogP contribution < -0.4 is 10.6 Å². The number of carbonyl (C=O) groups excluding carboxylic acids is 2. The molecule has 0 radical (unpaired) electrons. The zero-order valence-electron chi connectivity index (χ0n) is 16.5. The number of hydrogen-bond acceptors (Lipinski definition) is 6. The smallest absolute Gasteiger partial charge is 0.337 e. The van der Waals surface area contributed by atoms with E-state index in [1.54, 1.807) is 18.3 Å². The number of thiophene rings is 1. The van der Waals surface area contributed by atoms with Crippen LogP contribution in [0, 0.1) is 0 Å². The largest absolute Gasteiger partial charge is 0.463 e. The molecule has 3 heterocycles. The maximum absolute atomic E-state index is 12.6. The number of urea groups is 1. The quantitative estimate of drug-likeness (QED) is 0.615. The third kappa shape index (κ3) is 5.33. The minimum Gasteiger partial charge on any atom is -0.463 e. The molecule has 1 fully saturated rings. The van der Waals surface area contributed by atoms with Crippen molar-refractivity contribution in [1.82, 2.24) is 15.5 Å². The zero-order valence-corrected chi connectivity index (χ0v) is 17.3. The van der Waals surface area contributed by atoms with E-state index in [0.717, 1.165) is 32.5 Å². The molecule has 2 N–H and O–H groups in total. The lowest BCUT2D eigenvalue weighted by atomic mass is 10.00. The predicted molar refractivity (Wildman–Crippen MR) is 108 cm³/mol. The third-order valence-electron chi connectivity index (χ3n) is 4.97. The molecule has 2 aliphatic rings. The number of esters is 1. The highest BCUT2D eigenvalue weighted by Crippen LogP contribution is 2.22. The van der Waals surface area contributed by atoms with Crippen molar-refractivity contribution in [2.45, 2.75) is 51.8 Å². The molecule has 1 saturated heterocycles. The molecule has 2 atom stereocenters. The molecule has 0 bridgehead atoms. The van der Waals surface area contributed by atoms with Crippen LogP contribution in [0.4, 0.5) is 4.79 Å². The number of hydrogen-bond donors (Lipinski definition) is 2. The number of rotatable bonds is 9. The number of amides is 2. The summed E-state index contributed by atoms with van der Waals surface area (Å²) >= 11 is 1.70. The van der Waals surface area contributed by atoms with Crippen molar-refractivity contribution in [1.29, 1.82) is 0 Å². The monoisotopic (exact) mass is 407 g/mol. The van der Waals surface area contributed by atoms with Gasteiger partial charge in [0, 0.05) is 36.8 Å². The van der Waals surface area contributed by atoms with Gasteiger partial charge >= 0.3 is 12.0 Å². The van der Waals surface area contributed by atoms with Gasteiger partial charge in [0.05, 0.1) is 24.3 Å². The first-order valence-electron chi connectivity index (χ1n) is 9.94. The van der Waals surface area contributed by atoms with Crippen LogP contribution in [0.25, 0.3) is 0 Å². The summed E-state index contributed by atoms with van der Waals surface area (Å²) < 4.78 is 11.1. The average molecular weight is 408 g/mol. The molecule has 1 aromatic rings. The summed E-state index contributed by atoms with van der Waals surface area (Å²) in [7, 11) is 0. The predicted octanol–water partition coefficient (Wildman–Crippen LogP) is 2.64. The summed E-state index contributed by atoms with van der Waals surface area (Å²) in [4.78, 5) is 28.3. The minimum absolute atomic E-state index is 0.186. The topological polar surface area (TPSA) is 79.9 Å². The second-order valence-corrected chi connectivity index (χ2v) is 8.09. The Hall–Kier alpha value is -1.90. The standard InChI is InChI=1S/C20H29N3O4S/c1-3-16-18(19(24)26-4-2)17(22-20(25)21-16)13-23(11-14-7-5-9-27-14)12-15-8-6-10-28-15/h6,8,10,14,16H,3-5,7,9,11-13H2,1-2H3,(H2,21,22,25). The van der Waals surface area contributed by atoms with Crippen LogP contribution in [-0.2, 0) is 20.8 Å². The maximum atomic E-state index is 12.6. The van der Waals surface area contributed by atoms with E-state index in [1.807, 2.05) is 13.0 Å². The van der Waals surface area contributed by atoms with Crippen molar-refractivity contribution in [2.75, 3.05) is 26.3 Å².